The van der Waals surface area contributed by atoms with Crippen LogP contribution in [0.2, 0.25) is 30.7 Å². The first-order chi connectivity index (χ1) is 8.37. The summed E-state index contributed by atoms with van der Waals surface area (Å²) in [5, 5.41) is 2.08. The number of carbonyl (C=O) groups excluding carboxylic acids is 1. The third-order valence-corrected chi connectivity index (χ3v) is 4.84. The van der Waals surface area contributed by atoms with Crippen molar-refractivity contribution in [3.63, 3.8) is 0 Å². The number of halogens is 1. The van der Waals surface area contributed by atoms with Crippen molar-refractivity contribution in [2.24, 2.45) is 0 Å². The van der Waals surface area contributed by atoms with Crippen molar-refractivity contribution >= 4 is 31.3 Å². The molecule has 0 saturated carbocycles. The second-order valence-corrected chi connectivity index (χ2v) is 11.8. The summed E-state index contributed by atoms with van der Waals surface area (Å²) in [5.41, 5.74) is 1.78. The van der Waals surface area contributed by atoms with E-state index >= 15 is 0 Å². The van der Waals surface area contributed by atoms with Gasteiger partial charge in [0.1, 0.15) is 0 Å². The van der Waals surface area contributed by atoms with Crippen molar-refractivity contribution in [1.82, 2.24) is 0 Å². The van der Waals surface area contributed by atoms with Crippen molar-refractivity contribution in [2.75, 3.05) is 11.7 Å². The third kappa shape index (κ3) is 3.13. The highest BCUT2D eigenvalue weighted by molar-refractivity contribution is 6.76. The first-order valence-electron chi connectivity index (χ1n) is 6.11. The van der Waals surface area contributed by atoms with E-state index in [0.29, 0.717) is 18.1 Å². The minimum Gasteiger partial charge on any atom is -0.272 e. The Morgan fingerprint density at radius 2 is 2.11 bits per heavy atom. The van der Waals surface area contributed by atoms with E-state index in [2.05, 4.69) is 19.6 Å². The van der Waals surface area contributed by atoms with Crippen LogP contribution >= 0.6 is 11.6 Å². The van der Waals surface area contributed by atoms with Crippen LogP contribution in [-0.4, -0.2) is 20.6 Å². The fourth-order valence-electron chi connectivity index (χ4n) is 1.85. The van der Waals surface area contributed by atoms with Gasteiger partial charge in [0.25, 0.3) is 5.91 Å². The molecule has 0 unspecified atom stereocenters. The molecule has 1 aliphatic heterocycles. The van der Waals surface area contributed by atoms with E-state index < -0.39 is 8.07 Å². The number of hydrogen-bond acceptors (Lipinski definition) is 2. The standard InChI is InChI=1S/C13H18ClNO2Si/c1-18(2,3)7-6-17-15-12-5-4-11(14)8-10(12)9-13(15)16/h4-5,8H,6-7,9H2,1-3H3. The van der Waals surface area contributed by atoms with Crippen LogP contribution in [0.4, 0.5) is 5.69 Å². The number of hydroxylamine groups is 1. The van der Waals surface area contributed by atoms with Gasteiger partial charge in [-0.05, 0) is 29.8 Å². The Morgan fingerprint density at radius 3 is 2.78 bits per heavy atom. The van der Waals surface area contributed by atoms with Gasteiger partial charge in [0, 0.05) is 13.1 Å². The van der Waals surface area contributed by atoms with Crippen molar-refractivity contribution in [1.29, 1.82) is 0 Å². The van der Waals surface area contributed by atoms with Crippen molar-refractivity contribution in [3.05, 3.63) is 28.8 Å². The first kappa shape index (κ1) is 13.6. The molecule has 3 nitrogen and oxygen atoms in total. The van der Waals surface area contributed by atoms with E-state index in [0.717, 1.165) is 17.3 Å². The van der Waals surface area contributed by atoms with Crippen LogP contribution in [0.25, 0.3) is 0 Å². The highest BCUT2D eigenvalue weighted by atomic mass is 35.5. The van der Waals surface area contributed by atoms with Gasteiger partial charge in [-0.3, -0.25) is 9.63 Å². The number of carbonyl (C=O) groups is 1. The van der Waals surface area contributed by atoms with E-state index in [1.807, 2.05) is 12.1 Å². The largest absolute Gasteiger partial charge is 0.272 e. The third-order valence-electron chi connectivity index (χ3n) is 2.90. The maximum Gasteiger partial charge on any atom is 0.255 e. The zero-order chi connectivity index (χ0) is 13.3. The van der Waals surface area contributed by atoms with Gasteiger partial charge in [-0.2, -0.15) is 5.06 Å². The van der Waals surface area contributed by atoms with Crippen molar-refractivity contribution in [2.45, 2.75) is 32.1 Å². The van der Waals surface area contributed by atoms with Crippen LogP contribution in [0.3, 0.4) is 0 Å². The lowest BCUT2D eigenvalue weighted by molar-refractivity contribution is -0.124. The predicted octanol–water partition coefficient (Wildman–Crippen LogP) is 3.50. The monoisotopic (exact) mass is 283 g/mol. The highest BCUT2D eigenvalue weighted by Gasteiger charge is 2.28. The zero-order valence-corrected chi connectivity index (χ0v) is 12.8. The maximum atomic E-state index is 11.9. The molecule has 2 rings (SSSR count). The van der Waals surface area contributed by atoms with E-state index in [1.165, 1.54) is 5.06 Å². The van der Waals surface area contributed by atoms with Gasteiger partial charge in [0.05, 0.1) is 18.7 Å². The van der Waals surface area contributed by atoms with Crippen molar-refractivity contribution in [3.8, 4) is 0 Å². The molecule has 0 atom stereocenters. The number of hydrogen-bond donors (Lipinski definition) is 0. The van der Waals surface area contributed by atoms with Gasteiger partial charge < -0.3 is 0 Å². The van der Waals surface area contributed by atoms with E-state index in [1.54, 1.807) is 6.07 Å². The van der Waals surface area contributed by atoms with Gasteiger partial charge >= 0.3 is 0 Å². The number of fused-ring (bicyclic) bond motifs is 1. The minimum atomic E-state index is -1.14. The Kier molecular flexibility index (Phi) is 3.80. The second kappa shape index (κ2) is 5.03. The van der Waals surface area contributed by atoms with E-state index in [-0.39, 0.29) is 5.91 Å². The summed E-state index contributed by atoms with van der Waals surface area (Å²) in [7, 11) is -1.14. The molecule has 1 amide bonds. The molecule has 1 aromatic rings. The summed E-state index contributed by atoms with van der Waals surface area (Å²) in [6.07, 6.45) is 0.378. The Morgan fingerprint density at radius 1 is 1.39 bits per heavy atom. The molecule has 0 N–H and O–H groups in total. The average molecular weight is 284 g/mol. The lowest BCUT2D eigenvalue weighted by atomic mass is 10.2. The molecule has 0 saturated heterocycles. The SMILES string of the molecule is C[Si](C)(C)CCON1C(=O)Cc2cc(Cl)ccc21. The van der Waals surface area contributed by atoms with Gasteiger partial charge in [0.15, 0.2) is 0 Å². The molecule has 1 aromatic carbocycles. The number of nitrogens with zero attached hydrogens (tertiary/aromatic N) is 1. The fourth-order valence-corrected chi connectivity index (χ4v) is 2.75. The normalized spacial score (nSPS) is 15.1. The summed E-state index contributed by atoms with van der Waals surface area (Å²) in [4.78, 5) is 17.5. The summed E-state index contributed by atoms with van der Waals surface area (Å²) >= 11 is 5.92. The molecular formula is C13H18ClNO2Si. The smallest absolute Gasteiger partial charge is 0.255 e. The van der Waals surface area contributed by atoms with E-state index in [4.69, 9.17) is 16.4 Å². The summed E-state index contributed by atoms with van der Waals surface area (Å²) in [5.74, 6) is -0.0113. The Labute approximate surface area is 114 Å². The number of anilines is 1. The second-order valence-electron chi connectivity index (χ2n) is 5.78. The molecule has 0 bridgehead atoms. The van der Waals surface area contributed by atoms with Crippen LogP contribution in [0.15, 0.2) is 18.2 Å². The number of rotatable bonds is 4. The fraction of sp³-hybridized carbons (Fsp3) is 0.462. The van der Waals surface area contributed by atoms with Crippen LogP contribution in [0.5, 0.6) is 0 Å². The molecular weight excluding hydrogens is 266 g/mol. The molecule has 0 aromatic heterocycles. The first-order valence-corrected chi connectivity index (χ1v) is 10.2. The Hall–Kier alpha value is -0.843. The van der Waals surface area contributed by atoms with E-state index in [9.17, 15) is 4.79 Å². The maximum absolute atomic E-state index is 11.9. The van der Waals surface area contributed by atoms with Gasteiger partial charge in [0.2, 0.25) is 0 Å². The van der Waals surface area contributed by atoms with Crippen LogP contribution in [0, 0.1) is 0 Å². The molecule has 1 aliphatic rings. The van der Waals surface area contributed by atoms with Gasteiger partial charge in [-0.1, -0.05) is 31.2 Å². The molecule has 0 radical (unpaired) electrons. The van der Waals surface area contributed by atoms with Crippen LogP contribution in [0.1, 0.15) is 5.56 Å². The quantitative estimate of drug-likeness (QED) is 0.792. The number of amides is 1. The number of benzene rings is 1. The van der Waals surface area contributed by atoms with Crippen LogP contribution < -0.4 is 5.06 Å². The summed E-state index contributed by atoms with van der Waals surface area (Å²) < 4.78 is 0. The topological polar surface area (TPSA) is 29.5 Å². The molecule has 98 valence electrons. The van der Waals surface area contributed by atoms with Crippen LogP contribution in [-0.2, 0) is 16.1 Å². The lowest BCUT2D eigenvalue weighted by Crippen LogP contribution is -2.30. The minimum absolute atomic E-state index is 0.0113. The molecule has 5 heteroatoms. The molecule has 18 heavy (non-hydrogen) atoms. The molecule has 1 heterocycles. The molecule has 0 spiro atoms. The van der Waals surface area contributed by atoms with Gasteiger partial charge in [-0.25, -0.2) is 0 Å². The predicted molar refractivity (Wildman–Crippen MR) is 76.7 cm³/mol. The summed E-state index contributed by atoms with van der Waals surface area (Å²) in [6, 6.07) is 6.50. The lowest BCUT2D eigenvalue weighted by Gasteiger charge is -2.20. The average Bonchev–Trinajstić information content (AvgIpc) is 2.52. The molecule has 0 fully saturated rings. The Bertz CT molecular complexity index is 471. The molecule has 0 aliphatic carbocycles. The van der Waals surface area contributed by atoms with Crippen molar-refractivity contribution < 1.29 is 9.63 Å². The van der Waals surface area contributed by atoms with Gasteiger partial charge in [-0.15, -0.1) is 0 Å². The Balaban J connectivity index is 2.05. The summed E-state index contributed by atoms with van der Waals surface area (Å²) in [6.45, 7) is 7.46. The zero-order valence-electron chi connectivity index (χ0n) is 11.0. The highest BCUT2D eigenvalue weighted by Crippen LogP contribution is 2.31.